The number of likely N-dealkylation sites (N-methyl/N-ethyl adjacent to an activating group) is 1. The predicted molar refractivity (Wildman–Crippen MR) is 131 cm³/mol. The Morgan fingerprint density at radius 3 is 2.33 bits per heavy atom. The molecule has 0 aliphatic rings. The summed E-state index contributed by atoms with van der Waals surface area (Å²) in [5.74, 6) is 1.35. The highest BCUT2D eigenvalue weighted by Gasteiger charge is 2.06. The van der Waals surface area contributed by atoms with Crippen LogP contribution in [0, 0.1) is 0 Å². The zero-order valence-electron chi connectivity index (χ0n) is 18.6. The summed E-state index contributed by atoms with van der Waals surface area (Å²) in [6.45, 7) is 22.1. The van der Waals surface area contributed by atoms with E-state index in [0.29, 0.717) is 11.5 Å². The van der Waals surface area contributed by atoms with E-state index >= 15 is 0 Å². The van der Waals surface area contributed by atoms with E-state index in [2.05, 4.69) is 73.5 Å². The maximum Gasteiger partial charge on any atom is 0.126 e. The zero-order chi connectivity index (χ0) is 21.9. The Hall–Kier alpha value is -3.04. The standard InChI is InChI=1S/C27H34N2O/c1-7-22(13-15-26(10-4)30-25(8-2)9-3)23-14-16-27-24(21-23)17-18-29(27)20-19-28(11-5)12-6/h7-10,13-18,21H,1-2,4,11-12,19-20H2,3,5-6H3/b22-13+,25-9+,26-15+. The van der Waals surface area contributed by atoms with E-state index in [1.165, 1.54) is 10.9 Å². The van der Waals surface area contributed by atoms with Gasteiger partial charge in [-0.25, -0.2) is 0 Å². The van der Waals surface area contributed by atoms with Crippen LogP contribution in [0.4, 0.5) is 0 Å². The average molecular weight is 403 g/mol. The summed E-state index contributed by atoms with van der Waals surface area (Å²) in [6, 6.07) is 8.72. The molecular weight excluding hydrogens is 368 g/mol. The average Bonchev–Trinajstić information content (AvgIpc) is 3.19. The molecule has 0 N–H and O–H groups in total. The molecule has 158 valence electrons. The van der Waals surface area contributed by atoms with Crippen molar-refractivity contribution in [2.24, 2.45) is 0 Å². The lowest BCUT2D eigenvalue weighted by atomic mass is 10.0. The molecule has 2 aromatic rings. The third kappa shape index (κ3) is 5.98. The maximum atomic E-state index is 5.77. The van der Waals surface area contributed by atoms with Crippen molar-refractivity contribution in [3.05, 3.63) is 104 Å². The smallest absolute Gasteiger partial charge is 0.126 e. The number of ether oxygens (including phenoxy) is 1. The molecule has 0 atom stereocenters. The highest BCUT2D eigenvalue weighted by atomic mass is 16.5. The van der Waals surface area contributed by atoms with Crippen LogP contribution in [0.15, 0.2) is 98.2 Å². The molecule has 0 aliphatic carbocycles. The number of benzene rings is 1. The second-order valence-corrected chi connectivity index (χ2v) is 6.91. The first-order valence-corrected chi connectivity index (χ1v) is 10.5. The molecule has 3 nitrogen and oxygen atoms in total. The maximum absolute atomic E-state index is 5.77. The van der Waals surface area contributed by atoms with Gasteiger partial charge in [0.15, 0.2) is 0 Å². The van der Waals surface area contributed by atoms with Crippen LogP contribution in [0.25, 0.3) is 16.5 Å². The van der Waals surface area contributed by atoms with Crippen LogP contribution < -0.4 is 0 Å². The van der Waals surface area contributed by atoms with Crippen molar-refractivity contribution in [2.75, 3.05) is 19.6 Å². The van der Waals surface area contributed by atoms with Gasteiger partial charge in [-0.2, -0.15) is 0 Å². The molecule has 0 bridgehead atoms. The van der Waals surface area contributed by atoms with E-state index < -0.39 is 0 Å². The number of fused-ring (bicyclic) bond motifs is 1. The van der Waals surface area contributed by atoms with E-state index in [9.17, 15) is 0 Å². The highest BCUT2D eigenvalue weighted by molar-refractivity contribution is 5.86. The van der Waals surface area contributed by atoms with E-state index in [0.717, 1.165) is 37.3 Å². The fourth-order valence-corrected chi connectivity index (χ4v) is 3.32. The van der Waals surface area contributed by atoms with E-state index in [-0.39, 0.29) is 0 Å². The molecule has 0 aliphatic heterocycles. The third-order valence-electron chi connectivity index (χ3n) is 5.23. The number of hydrogen-bond acceptors (Lipinski definition) is 2. The minimum atomic E-state index is 0.658. The van der Waals surface area contributed by atoms with Gasteiger partial charge >= 0.3 is 0 Å². The van der Waals surface area contributed by atoms with Crippen molar-refractivity contribution >= 4 is 16.5 Å². The fourth-order valence-electron chi connectivity index (χ4n) is 3.32. The molecule has 30 heavy (non-hydrogen) atoms. The molecule has 1 aromatic heterocycles. The van der Waals surface area contributed by atoms with Crippen LogP contribution >= 0.6 is 0 Å². The van der Waals surface area contributed by atoms with Crippen molar-refractivity contribution in [3.8, 4) is 0 Å². The van der Waals surface area contributed by atoms with Crippen LogP contribution in [0.3, 0.4) is 0 Å². The van der Waals surface area contributed by atoms with E-state index in [4.69, 9.17) is 4.74 Å². The van der Waals surface area contributed by atoms with Crippen molar-refractivity contribution in [3.63, 3.8) is 0 Å². The van der Waals surface area contributed by atoms with E-state index in [1.807, 2.05) is 31.2 Å². The van der Waals surface area contributed by atoms with Crippen LogP contribution in [0.5, 0.6) is 0 Å². The molecule has 0 fully saturated rings. The second kappa shape index (κ2) is 11.8. The Morgan fingerprint density at radius 2 is 1.73 bits per heavy atom. The lowest BCUT2D eigenvalue weighted by Gasteiger charge is -2.18. The highest BCUT2D eigenvalue weighted by Crippen LogP contribution is 2.24. The minimum absolute atomic E-state index is 0.658. The van der Waals surface area contributed by atoms with Gasteiger partial charge in [0.2, 0.25) is 0 Å². The number of hydrogen-bond donors (Lipinski definition) is 0. The summed E-state index contributed by atoms with van der Waals surface area (Å²) in [4.78, 5) is 2.44. The van der Waals surface area contributed by atoms with Gasteiger partial charge in [0, 0.05) is 30.2 Å². The Bertz CT molecular complexity index is 968. The molecule has 0 saturated carbocycles. The summed E-state index contributed by atoms with van der Waals surface area (Å²) in [5, 5.41) is 1.23. The Balaban J connectivity index is 2.26. The fraction of sp³-hybridized carbons (Fsp3) is 0.259. The summed E-state index contributed by atoms with van der Waals surface area (Å²) in [7, 11) is 0. The van der Waals surface area contributed by atoms with Crippen LogP contribution in [-0.4, -0.2) is 29.1 Å². The molecule has 1 aromatic carbocycles. The lowest BCUT2D eigenvalue weighted by Crippen LogP contribution is -2.26. The number of nitrogens with zero attached hydrogens (tertiary/aromatic N) is 2. The van der Waals surface area contributed by atoms with Crippen LogP contribution in [0.2, 0.25) is 0 Å². The number of allylic oxidation sites excluding steroid dienone is 7. The van der Waals surface area contributed by atoms with Gasteiger partial charge in [0.1, 0.15) is 11.5 Å². The molecule has 0 spiro atoms. The molecule has 3 heteroatoms. The summed E-state index contributed by atoms with van der Waals surface area (Å²) >= 11 is 0. The molecular formula is C27H34N2O. The van der Waals surface area contributed by atoms with Gasteiger partial charge in [-0.1, -0.05) is 51.8 Å². The molecule has 2 rings (SSSR count). The molecule has 0 amide bonds. The van der Waals surface area contributed by atoms with Gasteiger partial charge in [-0.3, -0.25) is 0 Å². The van der Waals surface area contributed by atoms with Crippen LogP contribution in [0.1, 0.15) is 26.3 Å². The first kappa shape index (κ1) is 23.2. The van der Waals surface area contributed by atoms with Gasteiger partial charge in [0.25, 0.3) is 0 Å². The Labute approximate surface area is 181 Å². The molecule has 0 saturated heterocycles. The number of rotatable bonds is 12. The Kier molecular flexibility index (Phi) is 9.17. The van der Waals surface area contributed by atoms with Gasteiger partial charge in [-0.15, -0.1) is 0 Å². The number of aromatic nitrogens is 1. The SMILES string of the molecule is C=C/C(=C\C)O/C(C=C)=C/C=C(\C=C)c1ccc2c(ccn2CCN(CC)CC)c1. The summed E-state index contributed by atoms with van der Waals surface area (Å²) < 4.78 is 8.09. The van der Waals surface area contributed by atoms with Gasteiger partial charge < -0.3 is 14.2 Å². The summed E-state index contributed by atoms with van der Waals surface area (Å²) in [6.07, 6.45) is 13.2. The minimum Gasteiger partial charge on any atom is -0.458 e. The molecule has 0 radical (unpaired) electrons. The third-order valence-corrected chi connectivity index (χ3v) is 5.23. The van der Waals surface area contributed by atoms with Crippen LogP contribution in [-0.2, 0) is 11.3 Å². The van der Waals surface area contributed by atoms with E-state index in [1.54, 1.807) is 12.2 Å². The molecule has 0 unspecified atom stereocenters. The topological polar surface area (TPSA) is 17.4 Å². The normalized spacial score (nSPS) is 13.0. The quantitative estimate of drug-likeness (QED) is 0.289. The first-order chi connectivity index (χ1) is 14.6. The largest absolute Gasteiger partial charge is 0.458 e. The molecule has 1 heterocycles. The first-order valence-electron chi connectivity index (χ1n) is 10.5. The Morgan fingerprint density at radius 1 is 1.00 bits per heavy atom. The van der Waals surface area contributed by atoms with Crippen molar-refractivity contribution in [1.29, 1.82) is 0 Å². The monoisotopic (exact) mass is 402 g/mol. The zero-order valence-corrected chi connectivity index (χ0v) is 18.6. The van der Waals surface area contributed by atoms with Gasteiger partial charge in [0.05, 0.1) is 0 Å². The lowest BCUT2D eigenvalue weighted by molar-refractivity contribution is 0.292. The van der Waals surface area contributed by atoms with Crippen molar-refractivity contribution in [2.45, 2.75) is 27.3 Å². The van der Waals surface area contributed by atoms with Crippen molar-refractivity contribution in [1.82, 2.24) is 9.47 Å². The predicted octanol–water partition coefficient (Wildman–Crippen LogP) is 6.73. The van der Waals surface area contributed by atoms with Crippen molar-refractivity contribution < 1.29 is 4.74 Å². The second-order valence-electron chi connectivity index (χ2n) is 6.91. The summed E-state index contributed by atoms with van der Waals surface area (Å²) in [5.41, 5.74) is 3.40. The van der Waals surface area contributed by atoms with Gasteiger partial charge in [-0.05, 0) is 73.7 Å².